The summed E-state index contributed by atoms with van der Waals surface area (Å²) in [5, 5.41) is 10.0. The molecule has 2 saturated carbocycles. The van der Waals surface area contributed by atoms with Crippen LogP contribution in [0, 0.1) is 5.92 Å². The standard InChI is InChI=1S/C9H17NO/c10-8(7-3-4-7)9(11)5-1-2-6-9/h7-8,11H,1-6,10H2/t8-/m1/s1. The van der Waals surface area contributed by atoms with Gasteiger partial charge in [0, 0.05) is 6.04 Å². The zero-order valence-corrected chi connectivity index (χ0v) is 6.92. The highest BCUT2D eigenvalue weighted by atomic mass is 16.3. The van der Waals surface area contributed by atoms with Crippen LogP contribution < -0.4 is 5.73 Å². The predicted octanol–water partition coefficient (Wildman–Crippen LogP) is 1.03. The molecule has 0 amide bonds. The minimum absolute atomic E-state index is 0.0741. The molecule has 0 unspecified atom stereocenters. The summed E-state index contributed by atoms with van der Waals surface area (Å²) >= 11 is 0. The van der Waals surface area contributed by atoms with E-state index in [2.05, 4.69) is 0 Å². The molecule has 0 aromatic carbocycles. The third-order valence-electron chi connectivity index (χ3n) is 3.22. The van der Waals surface area contributed by atoms with E-state index < -0.39 is 5.60 Å². The van der Waals surface area contributed by atoms with Crippen LogP contribution >= 0.6 is 0 Å². The van der Waals surface area contributed by atoms with E-state index >= 15 is 0 Å². The highest BCUT2D eigenvalue weighted by molar-refractivity contribution is 5.00. The first-order valence-corrected chi connectivity index (χ1v) is 4.70. The molecule has 3 N–H and O–H groups in total. The summed E-state index contributed by atoms with van der Waals surface area (Å²) in [4.78, 5) is 0. The molecule has 2 heteroatoms. The molecule has 2 nitrogen and oxygen atoms in total. The number of nitrogens with two attached hydrogens (primary N) is 1. The zero-order valence-electron chi connectivity index (χ0n) is 6.92. The molecule has 64 valence electrons. The van der Waals surface area contributed by atoms with Gasteiger partial charge in [0.25, 0.3) is 0 Å². The summed E-state index contributed by atoms with van der Waals surface area (Å²) in [6.07, 6.45) is 6.68. The molecule has 2 fully saturated rings. The van der Waals surface area contributed by atoms with Gasteiger partial charge in [0.15, 0.2) is 0 Å². The Labute approximate surface area is 67.8 Å². The second-order valence-corrected chi connectivity index (χ2v) is 4.17. The van der Waals surface area contributed by atoms with Crippen molar-refractivity contribution in [2.45, 2.75) is 50.2 Å². The Kier molecular flexibility index (Phi) is 1.69. The third kappa shape index (κ3) is 1.30. The highest BCUT2D eigenvalue weighted by Gasteiger charge is 2.44. The fourth-order valence-corrected chi connectivity index (χ4v) is 2.21. The van der Waals surface area contributed by atoms with Crippen molar-refractivity contribution in [3.05, 3.63) is 0 Å². The van der Waals surface area contributed by atoms with Crippen LogP contribution in [0.4, 0.5) is 0 Å². The van der Waals surface area contributed by atoms with Crippen LogP contribution in [-0.4, -0.2) is 16.7 Å². The first-order chi connectivity index (χ1) is 5.22. The molecule has 11 heavy (non-hydrogen) atoms. The van der Waals surface area contributed by atoms with E-state index in [0.29, 0.717) is 5.92 Å². The molecule has 0 aromatic heterocycles. The number of hydrogen-bond donors (Lipinski definition) is 2. The Balaban J connectivity index is 1.99. The van der Waals surface area contributed by atoms with Crippen LogP contribution in [0.3, 0.4) is 0 Å². The summed E-state index contributed by atoms with van der Waals surface area (Å²) in [6, 6.07) is 0.0741. The lowest BCUT2D eigenvalue weighted by molar-refractivity contribution is 0.0140. The van der Waals surface area contributed by atoms with E-state index in [4.69, 9.17) is 5.73 Å². The molecule has 0 aliphatic heterocycles. The molecule has 0 heterocycles. The van der Waals surface area contributed by atoms with E-state index in [9.17, 15) is 5.11 Å². The van der Waals surface area contributed by atoms with Crippen LogP contribution in [-0.2, 0) is 0 Å². The maximum absolute atomic E-state index is 10.0. The number of hydrogen-bond acceptors (Lipinski definition) is 2. The van der Waals surface area contributed by atoms with E-state index in [1.165, 1.54) is 12.8 Å². The van der Waals surface area contributed by atoms with E-state index in [1.54, 1.807) is 0 Å². The predicted molar refractivity (Wildman–Crippen MR) is 44.1 cm³/mol. The summed E-state index contributed by atoms with van der Waals surface area (Å²) < 4.78 is 0. The first-order valence-electron chi connectivity index (χ1n) is 4.70. The Hall–Kier alpha value is -0.0800. The summed E-state index contributed by atoms with van der Waals surface area (Å²) in [5.74, 6) is 0.637. The van der Waals surface area contributed by atoms with Crippen LogP contribution in [0.15, 0.2) is 0 Å². The van der Waals surface area contributed by atoms with Crippen molar-refractivity contribution in [2.75, 3.05) is 0 Å². The Morgan fingerprint density at radius 2 is 1.82 bits per heavy atom. The maximum atomic E-state index is 10.0. The molecular weight excluding hydrogens is 138 g/mol. The summed E-state index contributed by atoms with van der Waals surface area (Å²) in [6.45, 7) is 0. The van der Waals surface area contributed by atoms with Crippen LogP contribution in [0.5, 0.6) is 0 Å². The van der Waals surface area contributed by atoms with Gasteiger partial charge in [-0.25, -0.2) is 0 Å². The topological polar surface area (TPSA) is 46.2 Å². The minimum Gasteiger partial charge on any atom is -0.388 e. The van der Waals surface area contributed by atoms with Gasteiger partial charge in [-0.3, -0.25) is 0 Å². The largest absolute Gasteiger partial charge is 0.388 e. The van der Waals surface area contributed by atoms with Gasteiger partial charge in [0.2, 0.25) is 0 Å². The molecule has 0 aromatic rings. The zero-order chi connectivity index (χ0) is 7.90. The lowest BCUT2D eigenvalue weighted by Gasteiger charge is -2.29. The van der Waals surface area contributed by atoms with Crippen molar-refractivity contribution in [1.82, 2.24) is 0 Å². The van der Waals surface area contributed by atoms with Gasteiger partial charge >= 0.3 is 0 Å². The summed E-state index contributed by atoms with van der Waals surface area (Å²) in [7, 11) is 0. The van der Waals surface area contributed by atoms with E-state index in [-0.39, 0.29) is 6.04 Å². The van der Waals surface area contributed by atoms with E-state index in [0.717, 1.165) is 25.7 Å². The highest BCUT2D eigenvalue weighted by Crippen LogP contribution is 2.42. The molecule has 2 aliphatic carbocycles. The summed E-state index contributed by atoms with van der Waals surface area (Å²) in [5.41, 5.74) is 5.48. The van der Waals surface area contributed by atoms with Crippen molar-refractivity contribution in [3.8, 4) is 0 Å². The van der Waals surface area contributed by atoms with E-state index in [1.807, 2.05) is 0 Å². The van der Waals surface area contributed by atoms with Crippen molar-refractivity contribution in [3.63, 3.8) is 0 Å². The number of aliphatic hydroxyl groups is 1. The Bertz CT molecular complexity index is 148. The number of rotatable bonds is 2. The van der Waals surface area contributed by atoms with Gasteiger partial charge in [0.1, 0.15) is 0 Å². The molecule has 0 spiro atoms. The molecule has 0 saturated heterocycles. The average molecular weight is 155 g/mol. The lowest BCUT2D eigenvalue weighted by Crippen LogP contribution is -2.47. The van der Waals surface area contributed by atoms with Crippen molar-refractivity contribution >= 4 is 0 Å². The SMILES string of the molecule is N[C@H](C1CC1)C1(O)CCCC1. The van der Waals surface area contributed by atoms with Crippen LogP contribution in [0.1, 0.15) is 38.5 Å². The Morgan fingerprint density at radius 3 is 2.27 bits per heavy atom. The maximum Gasteiger partial charge on any atom is 0.0800 e. The molecule has 2 rings (SSSR count). The van der Waals surface area contributed by atoms with Gasteiger partial charge in [-0.1, -0.05) is 12.8 Å². The van der Waals surface area contributed by atoms with Gasteiger partial charge in [-0.15, -0.1) is 0 Å². The fourth-order valence-electron chi connectivity index (χ4n) is 2.21. The molecule has 0 bridgehead atoms. The third-order valence-corrected chi connectivity index (χ3v) is 3.22. The van der Waals surface area contributed by atoms with Crippen LogP contribution in [0.25, 0.3) is 0 Å². The van der Waals surface area contributed by atoms with Gasteiger partial charge in [0.05, 0.1) is 5.60 Å². The molecule has 0 radical (unpaired) electrons. The minimum atomic E-state index is -0.485. The second-order valence-electron chi connectivity index (χ2n) is 4.17. The van der Waals surface area contributed by atoms with Gasteiger partial charge in [-0.05, 0) is 31.6 Å². The lowest BCUT2D eigenvalue weighted by atomic mass is 9.90. The average Bonchev–Trinajstić information content (AvgIpc) is 2.74. The monoisotopic (exact) mass is 155 g/mol. The van der Waals surface area contributed by atoms with Gasteiger partial charge < -0.3 is 10.8 Å². The normalized spacial score (nSPS) is 32.2. The smallest absolute Gasteiger partial charge is 0.0800 e. The van der Waals surface area contributed by atoms with Crippen molar-refractivity contribution in [1.29, 1.82) is 0 Å². The second kappa shape index (κ2) is 2.46. The first kappa shape index (κ1) is 7.56. The molecule has 1 atom stereocenters. The molecule has 2 aliphatic rings. The van der Waals surface area contributed by atoms with Crippen molar-refractivity contribution in [2.24, 2.45) is 11.7 Å². The fraction of sp³-hybridized carbons (Fsp3) is 1.00. The molecular formula is C9H17NO. The Morgan fingerprint density at radius 1 is 1.27 bits per heavy atom. The van der Waals surface area contributed by atoms with Crippen molar-refractivity contribution < 1.29 is 5.11 Å². The van der Waals surface area contributed by atoms with Gasteiger partial charge in [-0.2, -0.15) is 0 Å². The van der Waals surface area contributed by atoms with Crippen LogP contribution in [0.2, 0.25) is 0 Å². The quantitative estimate of drug-likeness (QED) is 0.625.